The highest BCUT2D eigenvalue weighted by Crippen LogP contribution is 2.48. The van der Waals surface area contributed by atoms with Gasteiger partial charge < -0.3 is 14.2 Å². The molecule has 31 heavy (non-hydrogen) atoms. The number of hydrogen-bond acceptors (Lipinski definition) is 3. The Balaban J connectivity index is 1.83. The third kappa shape index (κ3) is 4.28. The van der Waals surface area contributed by atoms with Gasteiger partial charge in [-0.05, 0) is 36.4 Å². The number of para-hydroxylation sites is 3. The van der Waals surface area contributed by atoms with Crippen molar-refractivity contribution >= 4 is 11.6 Å². The average Bonchev–Trinajstić information content (AvgIpc) is 2.79. The summed E-state index contributed by atoms with van der Waals surface area (Å²) in [6, 6.07) is 21.8. The first kappa shape index (κ1) is 20.9. The number of rotatable bonds is 6. The predicted molar refractivity (Wildman–Crippen MR) is 116 cm³/mol. The van der Waals surface area contributed by atoms with Gasteiger partial charge >= 0.3 is 0 Å². The van der Waals surface area contributed by atoms with Crippen molar-refractivity contribution in [2.75, 3.05) is 7.11 Å². The van der Waals surface area contributed by atoms with Crippen molar-refractivity contribution in [1.29, 1.82) is 0 Å². The van der Waals surface area contributed by atoms with Crippen molar-refractivity contribution in [3.63, 3.8) is 0 Å². The Morgan fingerprint density at radius 1 is 0.839 bits per heavy atom. The van der Waals surface area contributed by atoms with Crippen molar-refractivity contribution < 1.29 is 23.0 Å². The molecule has 2 atom stereocenters. The van der Waals surface area contributed by atoms with E-state index in [4.69, 9.17) is 25.8 Å². The molecule has 1 aliphatic rings. The lowest BCUT2D eigenvalue weighted by molar-refractivity contribution is 0.165. The summed E-state index contributed by atoms with van der Waals surface area (Å²) < 4.78 is 47.1. The number of benzene rings is 3. The molecule has 4 rings (SSSR count). The minimum atomic E-state index is -1.65. The van der Waals surface area contributed by atoms with Gasteiger partial charge in [-0.25, -0.2) is 8.78 Å². The van der Waals surface area contributed by atoms with E-state index < -0.39 is 22.6 Å². The summed E-state index contributed by atoms with van der Waals surface area (Å²) >= 11 is 7.02. The number of halogens is 3. The van der Waals surface area contributed by atoms with Gasteiger partial charge in [0, 0.05) is 11.6 Å². The zero-order valence-electron chi connectivity index (χ0n) is 16.6. The van der Waals surface area contributed by atoms with Gasteiger partial charge in [-0.1, -0.05) is 48.5 Å². The first-order valence-electron chi connectivity index (χ1n) is 9.57. The van der Waals surface area contributed by atoms with Crippen LogP contribution >= 0.6 is 11.6 Å². The van der Waals surface area contributed by atoms with Crippen molar-refractivity contribution in [2.45, 2.75) is 11.0 Å². The normalized spacial score (nSPS) is 20.5. The molecule has 0 radical (unpaired) electrons. The molecule has 0 amide bonds. The fourth-order valence-electron chi connectivity index (χ4n) is 3.37. The number of hydrogen-bond donors (Lipinski definition) is 0. The first-order valence-corrected chi connectivity index (χ1v) is 9.95. The Labute approximate surface area is 184 Å². The van der Waals surface area contributed by atoms with Gasteiger partial charge in [-0.15, -0.1) is 11.6 Å². The van der Waals surface area contributed by atoms with Crippen LogP contribution in [0.4, 0.5) is 8.78 Å². The molecule has 0 saturated heterocycles. The van der Waals surface area contributed by atoms with Crippen LogP contribution in [0.5, 0.6) is 17.2 Å². The first-order chi connectivity index (χ1) is 15.0. The fourth-order valence-corrected chi connectivity index (χ4v) is 3.78. The number of ether oxygens (including phenoxy) is 3. The molecule has 3 nitrogen and oxygen atoms in total. The van der Waals surface area contributed by atoms with Gasteiger partial charge in [0.25, 0.3) is 0 Å². The third-order valence-electron chi connectivity index (χ3n) is 4.84. The molecule has 0 bridgehead atoms. The lowest BCUT2D eigenvalue weighted by Crippen LogP contribution is -2.40. The number of alkyl halides is 1. The van der Waals surface area contributed by atoms with Crippen molar-refractivity contribution in [3.8, 4) is 17.2 Å². The van der Waals surface area contributed by atoms with Crippen LogP contribution in [0.25, 0.3) is 0 Å². The summed E-state index contributed by atoms with van der Waals surface area (Å²) in [7, 11) is 1.40. The topological polar surface area (TPSA) is 27.7 Å². The predicted octanol–water partition coefficient (Wildman–Crippen LogP) is 6.90. The van der Waals surface area contributed by atoms with Crippen LogP contribution in [-0.4, -0.2) is 13.2 Å². The van der Waals surface area contributed by atoms with E-state index in [1.165, 1.54) is 31.4 Å². The second-order valence-corrected chi connectivity index (χ2v) is 7.52. The minimum Gasteiger partial charge on any atom is -0.497 e. The summed E-state index contributed by atoms with van der Waals surface area (Å²) in [4.78, 5) is -1.65. The van der Waals surface area contributed by atoms with E-state index in [9.17, 15) is 4.39 Å². The van der Waals surface area contributed by atoms with Crippen molar-refractivity contribution in [1.82, 2.24) is 0 Å². The molecule has 0 aromatic heterocycles. The maximum absolute atomic E-state index is 15.2. The maximum Gasteiger partial charge on any atom is 0.177 e. The van der Waals surface area contributed by atoms with E-state index in [1.54, 1.807) is 54.6 Å². The quantitative estimate of drug-likeness (QED) is 0.390. The van der Waals surface area contributed by atoms with Crippen LogP contribution < -0.4 is 9.47 Å². The highest BCUT2D eigenvalue weighted by molar-refractivity contribution is 6.26. The Morgan fingerprint density at radius 3 is 2.13 bits per heavy atom. The van der Waals surface area contributed by atoms with Gasteiger partial charge in [-0.3, -0.25) is 0 Å². The molecule has 6 heteroatoms. The average molecular weight is 441 g/mol. The molecule has 2 unspecified atom stereocenters. The molecule has 0 fully saturated rings. The van der Waals surface area contributed by atoms with Gasteiger partial charge in [0.15, 0.2) is 17.7 Å². The largest absolute Gasteiger partial charge is 0.497 e. The molecule has 1 aliphatic carbocycles. The van der Waals surface area contributed by atoms with Gasteiger partial charge in [0.05, 0.1) is 7.11 Å². The van der Waals surface area contributed by atoms with Crippen LogP contribution in [0, 0.1) is 5.82 Å². The summed E-state index contributed by atoms with van der Waals surface area (Å²) in [5.74, 6) is -0.396. The van der Waals surface area contributed by atoms with Crippen molar-refractivity contribution in [2.24, 2.45) is 0 Å². The van der Waals surface area contributed by atoms with E-state index in [0.717, 1.165) is 0 Å². The lowest BCUT2D eigenvalue weighted by atomic mass is 9.86. The molecule has 0 N–H and O–H groups in total. The fraction of sp³-hybridized carbons (Fsp3) is 0.120. The molecule has 0 aliphatic heterocycles. The van der Waals surface area contributed by atoms with Crippen LogP contribution in [-0.2, 0) is 9.61 Å². The standard InChI is InChI=1S/C25H19ClF2O3/c1-29-19-15-22(28)24(31-18-11-6-3-7-12-18)25(26,16-19)20-13-8-14-21(27)23(20)30-17-9-4-2-5-10-17/h2-16,24H,1H3. The molecule has 0 saturated carbocycles. The van der Waals surface area contributed by atoms with E-state index in [0.29, 0.717) is 11.5 Å². The summed E-state index contributed by atoms with van der Waals surface area (Å²) in [5.41, 5.74) is 0.205. The monoisotopic (exact) mass is 440 g/mol. The number of allylic oxidation sites excluding steroid dienone is 1. The van der Waals surface area contributed by atoms with E-state index in [-0.39, 0.29) is 17.1 Å². The van der Waals surface area contributed by atoms with Crippen LogP contribution in [0.3, 0.4) is 0 Å². The van der Waals surface area contributed by atoms with Crippen LogP contribution in [0.2, 0.25) is 0 Å². The summed E-state index contributed by atoms with van der Waals surface area (Å²) in [6.45, 7) is 0. The summed E-state index contributed by atoms with van der Waals surface area (Å²) in [5, 5.41) is 0. The minimum absolute atomic E-state index is 0.119. The third-order valence-corrected chi connectivity index (χ3v) is 5.35. The second kappa shape index (κ2) is 8.82. The Kier molecular flexibility index (Phi) is 5.96. The zero-order chi connectivity index (χ0) is 21.8. The second-order valence-electron chi connectivity index (χ2n) is 6.89. The maximum atomic E-state index is 15.2. The van der Waals surface area contributed by atoms with E-state index in [2.05, 4.69) is 0 Å². The van der Waals surface area contributed by atoms with E-state index in [1.807, 2.05) is 12.1 Å². The zero-order valence-corrected chi connectivity index (χ0v) is 17.4. The molecule has 0 heterocycles. The van der Waals surface area contributed by atoms with Crippen LogP contribution in [0.1, 0.15) is 5.56 Å². The van der Waals surface area contributed by atoms with Crippen molar-refractivity contribution in [3.05, 3.63) is 114 Å². The van der Waals surface area contributed by atoms with Gasteiger partial charge in [-0.2, -0.15) is 0 Å². The molecular formula is C25H19ClF2O3. The summed E-state index contributed by atoms with van der Waals surface area (Å²) in [6.07, 6.45) is 1.42. The number of methoxy groups -OCH3 is 1. The molecular weight excluding hydrogens is 422 g/mol. The molecule has 3 aromatic carbocycles. The van der Waals surface area contributed by atoms with E-state index >= 15 is 4.39 Å². The highest BCUT2D eigenvalue weighted by atomic mass is 35.5. The van der Waals surface area contributed by atoms with Gasteiger partial charge in [0.2, 0.25) is 0 Å². The van der Waals surface area contributed by atoms with Gasteiger partial charge in [0.1, 0.15) is 28.0 Å². The smallest absolute Gasteiger partial charge is 0.177 e. The highest BCUT2D eigenvalue weighted by Gasteiger charge is 2.47. The Hall–Kier alpha value is -3.31. The molecule has 0 spiro atoms. The Morgan fingerprint density at radius 2 is 1.48 bits per heavy atom. The van der Waals surface area contributed by atoms with Crippen LogP contribution in [0.15, 0.2) is 103 Å². The molecule has 3 aromatic rings. The SMILES string of the molecule is COC1=CC(Cl)(c2cccc(F)c2Oc2ccccc2)C(Oc2ccccc2)C(F)=C1. The molecule has 158 valence electrons. The Bertz CT molecular complexity index is 1120. The lowest BCUT2D eigenvalue weighted by Gasteiger charge is -2.36.